The molecule has 730 valence electrons. The lowest BCUT2D eigenvalue weighted by molar-refractivity contribution is -0.119. The fourth-order valence-corrected chi connectivity index (χ4v) is 16.3. The molecular formula is C122H124Br3FO15. The van der Waals surface area contributed by atoms with Crippen molar-refractivity contribution in [2.45, 2.75) is 183 Å². The van der Waals surface area contributed by atoms with Gasteiger partial charge in [-0.2, -0.15) is 0 Å². The summed E-state index contributed by atoms with van der Waals surface area (Å²) in [6.45, 7) is 13.6. The Morgan fingerprint density at radius 1 is 0.262 bits per heavy atom. The highest BCUT2D eigenvalue weighted by atomic mass is 79.9. The van der Waals surface area contributed by atoms with Crippen molar-refractivity contribution in [1.82, 2.24) is 0 Å². The van der Waals surface area contributed by atoms with Gasteiger partial charge in [-0.1, -0.05) is 293 Å². The summed E-state index contributed by atoms with van der Waals surface area (Å²) in [6, 6.07) is 92.7. The summed E-state index contributed by atoms with van der Waals surface area (Å²) >= 11 is 10.3. The molecule has 0 aliphatic carbocycles. The Labute approximate surface area is 854 Å². The molecule has 141 heavy (non-hydrogen) atoms. The Morgan fingerprint density at radius 3 is 0.823 bits per heavy atom. The van der Waals surface area contributed by atoms with Crippen molar-refractivity contribution in [3.05, 3.63) is 445 Å². The van der Waals surface area contributed by atoms with Crippen molar-refractivity contribution in [3.63, 3.8) is 0 Å². The molecule has 14 aromatic rings. The first-order valence-corrected chi connectivity index (χ1v) is 49.2. The molecule has 0 spiro atoms. The van der Waals surface area contributed by atoms with E-state index < -0.39 is 0 Å². The second-order valence-electron chi connectivity index (χ2n) is 35.0. The minimum Gasteiger partial charge on any atom is -0.508 e. The lowest BCUT2D eigenvalue weighted by Gasteiger charge is -2.07. The van der Waals surface area contributed by atoms with Crippen molar-refractivity contribution < 1.29 is 78.4 Å². The van der Waals surface area contributed by atoms with Crippen LogP contribution in [-0.4, -0.2) is 83.3 Å². The minimum atomic E-state index is -0.273. The average molecular weight is 2090 g/mol. The number of Topliss-reactive ketones (excluding diaryl/α,β-unsaturated/α-hetero) is 7. The first-order chi connectivity index (χ1) is 67.5. The maximum absolute atomic E-state index is 12.8. The summed E-state index contributed by atoms with van der Waals surface area (Å²) in [5.74, 6) is 5.40. The van der Waals surface area contributed by atoms with E-state index in [1.54, 1.807) is 61.7 Å². The van der Waals surface area contributed by atoms with E-state index in [2.05, 4.69) is 53.7 Å². The van der Waals surface area contributed by atoms with Gasteiger partial charge in [-0.25, -0.2) is 4.39 Å². The molecule has 7 N–H and O–H groups in total. The molecule has 0 radical (unpaired) electrons. The number of aromatic hydroxyl groups is 7. The van der Waals surface area contributed by atoms with Gasteiger partial charge in [-0.3, -0.25) is 33.6 Å². The van der Waals surface area contributed by atoms with Crippen LogP contribution in [0.4, 0.5) is 4.39 Å². The summed E-state index contributed by atoms with van der Waals surface area (Å²) in [5, 5.41) is 68.2. The van der Waals surface area contributed by atoms with E-state index in [1.165, 1.54) is 17.7 Å². The molecule has 0 atom stereocenters. The quantitative estimate of drug-likeness (QED) is 0.0180. The molecule has 0 heterocycles. The van der Waals surface area contributed by atoms with Crippen LogP contribution in [0.15, 0.2) is 317 Å². The largest absolute Gasteiger partial charge is 0.508 e. The monoisotopic (exact) mass is 2080 g/mol. The number of carbonyl (C=O) groups excluding carboxylic acids is 7. The zero-order valence-corrected chi connectivity index (χ0v) is 86.0. The van der Waals surface area contributed by atoms with Gasteiger partial charge in [0.05, 0.1) is 7.11 Å². The number of benzene rings is 14. The third-order valence-corrected chi connectivity index (χ3v) is 24.8. The lowest BCUT2D eigenvalue weighted by atomic mass is 9.98. The van der Waals surface area contributed by atoms with Gasteiger partial charge in [-0.05, 0) is 235 Å². The molecule has 19 heteroatoms. The number of aryl methyl sites for hydroxylation is 14. The van der Waals surface area contributed by atoms with E-state index in [9.17, 15) is 73.7 Å². The highest BCUT2D eigenvalue weighted by Gasteiger charge is 2.18. The highest BCUT2D eigenvalue weighted by Crippen LogP contribution is 2.30. The molecule has 14 rings (SSSR count). The minimum absolute atomic E-state index is 0.0650. The third kappa shape index (κ3) is 42.4. The number of ether oxygens (including phenoxy) is 1. The first kappa shape index (κ1) is 112. The number of phenolic OH excluding ortho intramolecular Hbond substituents is 7. The number of terminal acetylenes is 1. The van der Waals surface area contributed by atoms with Gasteiger partial charge in [0, 0.05) is 148 Å². The Balaban J connectivity index is 0.000000201. The van der Waals surface area contributed by atoms with Crippen molar-refractivity contribution in [2.24, 2.45) is 0 Å². The molecule has 0 saturated carbocycles. The van der Waals surface area contributed by atoms with Crippen LogP contribution in [-0.2, 0) is 123 Å². The molecule has 0 amide bonds. The Bertz CT molecular complexity index is 6410. The number of halogens is 4. The van der Waals surface area contributed by atoms with Crippen molar-refractivity contribution in [3.8, 4) is 58.3 Å². The van der Waals surface area contributed by atoms with Crippen molar-refractivity contribution in [2.75, 3.05) is 7.11 Å². The van der Waals surface area contributed by atoms with Crippen LogP contribution in [0.2, 0.25) is 0 Å². The number of methoxy groups -OCH3 is 1. The van der Waals surface area contributed by atoms with Gasteiger partial charge >= 0.3 is 0 Å². The van der Waals surface area contributed by atoms with Crippen LogP contribution in [0.25, 0.3) is 0 Å². The van der Waals surface area contributed by atoms with E-state index in [0.29, 0.717) is 123 Å². The van der Waals surface area contributed by atoms with Gasteiger partial charge in [-0.15, -0.1) is 6.42 Å². The molecule has 0 saturated heterocycles. The van der Waals surface area contributed by atoms with Crippen molar-refractivity contribution in [1.29, 1.82) is 0 Å². The predicted octanol–water partition coefficient (Wildman–Crippen LogP) is 26.5. The van der Waals surface area contributed by atoms with Crippen LogP contribution in [0.1, 0.15) is 167 Å². The molecule has 15 nitrogen and oxygen atoms in total. The summed E-state index contributed by atoms with van der Waals surface area (Å²) in [6.07, 6.45) is 15.5. The second-order valence-corrected chi connectivity index (χ2v) is 37.7. The van der Waals surface area contributed by atoms with Crippen LogP contribution < -0.4 is 4.74 Å². The van der Waals surface area contributed by atoms with E-state index >= 15 is 0 Å². The summed E-state index contributed by atoms with van der Waals surface area (Å²) in [5.41, 5.74) is 20.7. The Hall–Kier alpha value is -13.9. The van der Waals surface area contributed by atoms with E-state index in [-0.39, 0.29) is 112 Å². The molecular weight excluding hydrogens is 1960 g/mol. The summed E-state index contributed by atoms with van der Waals surface area (Å²) < 4.78 is 21.0. The number of phenols is 7. The number of hydrogen-bond acceptors (Lipinski definition) is 15. The topological polar surface area (TPSA) is 270 Å². The molecule has 0 unspecified atom stereocenters. The van der Waals surface area contributed by atoms with E-state index in [4.69, 9.17) is 11.2 Å². The van der Waals surface area contributed by atoms with E-state index in [1.807, 2.05) is 285 Å². The van der Waals surface area contributed by atoms with E-state index in [0.717, 1.165) is 122 Å². The van der Waals surface area contributed by atoms with Crippen LogP contribution in [0.3, 0.4) is 0 Å². The molecule has 0 bridgehead atoms. The Morgan fingerprint density at radius 2 is 0.518 bits per heavy atom. The average Bonchev–Trinajstić information content (AvgIpc) is 0.879. The number of hydrogen-bond donors (Lipinski definition) is 7. The highest BCUT2D eigenvalue weighted by molar-refractivity contribution is 9.11. The predicted molar refractivity (Wildman–Crippen MR) is 572 cm³/mol. The van der Waals surface area contributed by atoms with Gasteiger partial charge in [0.2, 0.25) is 0 Å². The zero-order valence-electron chi connectivity index (χ0n) is 81.2. The normalized spacial score (nSPS) is 10.4. The maximum atomic E-state index is 12.8. The van der Waals surface area contributed by atoms with Gasteiger partial charge < -0.3 is 40.5 Å². The zero-order chi connectivity index (χ0) is 102. The molecule has 0 aromatic heterocycles. The Kier molecular flexibility index (Phi) is 47.4. The standard InChI is InChI=1S/C19H18O2.C18H20O3.3C17H17BrO2.C17H17FO2.C17H18O2/c1-3-15-6-4-5-7-16(15)9-10-18(20)13-17-12-14(2)8-11-19(17)21;1-13-3-10-18(20)15(11-13)12-16(19)7-4-14-5-8-17(21-2)9-6-14;1-12-2-9-17(20)14(10-12)11-16(19)8-5-13-3-6-15(18)7-4-13;1-12-5-8-17(20)14(9-12)11-16(19)7-6-13-3-2-4-15(18)10-13;1-12-6-9-17(20)14(10-12)11-15(19)8-7-13-4-2-3-5-16(13)18;1-12-2-9-17(20)14(10-12)11-16(19)8-5-13-3-6-15(18)7-4-13;1-13-7-10-17(19)15(11-13)12-16(18)9-8-14-5-3-2-4-6-14/h1,4-8,11-12,21H,9-10,13H2,2H3;3,5-6,8-11,20H,4,7,12H2,1-2H3;2-4,6-7,9-10,20H,5,8,11H2,1H3;2-5,8-10,20H,6-7,11H2,1H3;2-6,9-10,20H,7-8,11H2,1H3;2-4,6-7,9-10,20H,5,8,11H2,1H3;2-7,10-11,19H,8-9,12H2,1H3. The summed E-state index contributed by atoms with van der Waals surface area (Å²) in [4.78, 5) is 84.0. The van der Waals surface area contributed by atoms with Gasteiger partial charge in [0.15, 0.2) is 0 Å². The van der Waals surface area contributed by atoms with Crippen LogP contribution in [0.5, 0.6) is 46.0 Å². The molecule has 0 fully saturated rings. The maximum Gasteiger partial charge on any atom is 0.137 e. The number of carbonyl (C=O) groups is 7. The molecule has 0 aliphatic heterocycles. The fraction of sp³-hybridized carbons (Fsp3) is 0.238. The summed E-state index contributed by atoms with van der Waals surface area (Å²) in [7, 11) is 1.63. The lowest BCUT2D eigenvalue weighted by Crippen LogP contribution is -2.05. The van der Waals surface area contributed by atoms with Gasteiger partial charge in [0.1, 0.15) is 92.3 Å². The SMILES string of the molecule is C#Cc1ccccc1CCC(=O)Cc1cc(C)ccc1O.COc1ccc(CCC(=O)Cc2cc(C)ccc2O)cc1.Cc1ccc(O)c(CC(=O)CCc2ccc(Br)cc2)c1.Cc1ccc(O)c(CC(=O)CCc2ccc(F)cc2)c1.Cc1ccc(O)c(CC(=O)CCc2cccc(Br)c2)c1.Cc1ccc(O)c(CC(=O)CCc2ccccc2)c1.Cc1ccc(O)c(CC(=O)CCc2ccccc2Br)c1. The van der Waals surface area contributed by atoms with Crippen LogP contribution >= 0.6 is 47.8 Å². The second kappa shape index (κ2) is 59.5. The fourth-order valence-electron chi connectivity index (χ4n) is 15.1. The third-order valence-electron chi connectivity index (χ3n) is 23.0. The smallest absolute Gasteiger partial charge is 0.137 e. The molecule has 14 aromatic carbocycles. The van der Waals surface area contributed by atoms with Crippen LogP contribution in [0, 0.1) is 66.6 Å². The number of ketones is 7. The van der Waals surface area contributed by atoms with Crippen molar-refractivity contribution >= 4 is 88.3 Å². The first-order valence-electron chi connectivity index (χ1n) is 46.8. The number of rotatable bonds is 36. The van der Waals surface area contributed by atoms with Gasteiger partial charge in [0.25, 0.3) is 0 Å². The molecule has 0 aliphatic rings.